The van der Waals surface area contributed by atoms with Crippen molar-refractivity contribution in [3.63, 3.8) is 0 Å². The van der Waals surface area contributed by atoms with Crippen molar-refractivity contribution in [2.24, 2.45) is 0 Å². The van der Waals surface area contributed by atoms with Crippen LogP contribution in [0.25, 0.3) is 0 Å². The molecule has 0 aliphatic rings. The monoisotopic (exact) mass is 272 g/mol. The van der Waals surface area contributed by atoms with Gasteiger partial charge in [0.05, 0.1) is 0 Å². The Bertz CT molecular complexity index is 507. The standard InChI is InChI=1S/C9H8F4O3S/c1-6-4-7(2-3-8(6)10)16-17(14,15)5-9(11,12)13/h2-4H,5H2,1H3. The third-order valence-corrected chi connectivity index (χ3v) is 2.82. The van der Waals surface area contributed by atoms with E-state index >= 15 is 0 Å². The third kappa shape index (κ3) is 4.59. The number of hydrogen-bond donors (Lipinski definition) is 0. The molecular weight excluding hydrogens is 264 g/mol. The van der Waals surface area contributed by atoms with Crippen LogP contribution in [0.5, 0.6) is 5.75 Å². The molecule has 0 unspecified atom stereocenters. The van der Waals surface area contributed by atoms with E-state index in [-0.39, 0.29) is 11.3 Å². The van der Waals surface area contributed by atoms with Gasteiger partial charge in [-0.2, -0.15) is 21.6 Å². The molecule has 0 radical (unpaired) electrons. The average Bonchev–Trinajstić information content (AvgIpc) is 2.06. The molecule has 0 fully saturated rings. The lowest BCUT2D eigenvalue weighted by molar-refractivity contribution is -0.107. The van der Waals surface area contributed by atoms with Crippen LogP contribution >= 0.6 is 0 Å². The summed E-state index contributed by atoms with van der Waals surface area (Å²) < 4.78 is 74.6. The fourth-order valence-electron chi connectivity index (χ4n) is 1.05. The van der Waals surface area contributed by atoms with Gasteiger partial charge in [0.25, 0.3) is 0 Å². The maximum Gasteiger partial charge on any atom is 0.406 e. The normalized spacial score (nSPS) is 12.5. The maximum absolute atomic E-state index is 12.8. The zero-order valence-corrected chi connectivity index (χ0v) is 9.40. The molecule has 96 valence electrons. The van der Waals surface area contributed by atoms with E-state index in [0.717, 1.165) is 18.2 Å². The number of halogens is 4. The lowest BCUT2D eigenvalue weighted by atomic mass is 10.2. The van der Waals surface area contributed by atoms with E-state index in [4.69, 9.17) is 0 Å². The number of aryl methyl sites for hydroxylation is 1. The topological polar surface area (TPSA) is 43.4 Å². The van der Waals surface area contributed by atoms with Gasteiger partial charge in [-0.3, -0.25) is 0 Å². The van der Waals surface area contributed by atoms with E-state index in [0.29, 0.717) is 0 Å². The lowest BCUT2D eigenvalue weighted by Gasteiger charge is -2.09. The van der Waals surface area contributed by atoms with Crippen molar-refractivity contribution in [1.82, 2.24) is 0 Å². The quantitative estimate of drug-likeness (QED) is 0.627. The molecular formula is C9H8F4O3S. The van der Waals surface area contributed by atoms with Gasteiger partial charge >= 0.3 is 16.3 Å². The minimum absolute atomic E-state index is 0.0738. The van der Waals surface area contributed by atoms with E-state index in [1.54, 1.807) is 0 Å². The van der Waals surface area contributed by atoms with Gasteiger partial charge in [-0.05, 0) is 30.7 Å². The van der Waals surface area contributed by atoms with Crippen LogP contribution in [0.4, 0.5) is 17.6 Å². The molecule has 0 aliphatic carbocycles. The fourth-order valence-corrected chi connectivity index (χ4v) is 1.90. The smallest absolute Gasteiger partial charge is 0.382 e. The zero-order valence-electron chi connectivity index (χ0n) is 8.58. The molecule has 0 bridgehead atoms. The molecule has 8 heteroatoms. The van der Waals surface area contributed by atoms with Gasteiger partial charge in [0, 0.05) is 0 Å². The number of alkyl halides is 3. The number of benzene rings is 1. The van der Waals surface area contributed by atoms with Crippen molar-refractivity contribution in [3.05, 3.63) is 29.6 Å². The molecule has 3 nitrogen and oxygen atoms in total. The Kier molecular flexibility index (Phi) is 3.65. The Morgan fingerprint density at radius 3 is 2.35 bits per heavy atom. The first-order valence-electron chi connectivity index (χ1n) is 4.34. The Morgan fingerprint density at radius 2 is 1.88 bits per heavy atom. The zero-order chi connectivity index (χ0) is 13.3. The van der Waals surface area contributed by atoms with Crippen molar-refractivity contribution < 1.29 is 30.2 Å². The molecule has 0 N–H and O–H groups in total. The summed E-state index contributed by atoms with van der Waals surface area (Å²) >= 11 is 0. The lowest BCUT2D eigenvalue weighted by Crippen LogP contribution is -2.26. The van der Waals surface area contributed by atoms with Crippen LogP contribution in [-0.4, -0.2) is 20.3 Å². The second-order valence-corrected chi connectivity index (χ2v) is 4.88. The third-order valence-electron chi connectivity index (χ3n) is 1.69. The largest absolute Gasteiger partial charge is 0.406 e. The van der Waals surface area contributed by atoms with E-state index in [1.807, 2.05) is 0 Å². The second-order valence-electron chi connectivity index (χ2n) is 3.31. The van der Waals surface area contributed by atoms with Gasteiger partial charge in [0.15, 0.2) is 5.75 Å². The van der Waals surface area contributed by atoms with Crippen LogP contribution in [0.2, 0.25) is 0 Å². The first-order chi connectivity index (χ1) is 7.59. The summed E-state index contributed by atoms with van der Waals surface area (Å²) in [5, 5.41) is 0. The first-order valence-corrected chi connectivity index (χ1v) is 5.92. The highest BCUT2D eigenvalue weighted by Crippen LogP contribution is 2.22. The van der Waals surface area contributed by atoms with Crippen molar-refractivity contribution in [2.75, 3.05) is 5.75 Å². The summed E-state index contributed by atoms with van der Waals surface area (Å²) in [4.78, 5) is 0. The first kappa shape index (κ1) is 13.8. The molecule has 0 aromatic heterocycles. The predicted molar refractivity (Wildman–Crippen MR) is 51.6 cm³/mol. The molecule has 0 saturated heterocycles. The van der Waals surface area contributed by atoms with Gasteiger partial charge < -0.3 is 4.18 Å². The van der Waals surface area contributed by atoms with E-state index in [1.165, 1.54) is 6.92 Å². The summed E-state index contributed by atoms with van der Waals surface area (Å²) in [6, 6.07) is 2.85. The van der Waals surface area contributed by atoms with Gasteiger partial charge in [0.2, 0.25) is 0 Å². The van der Waals surface area contributed by atoms with Gasteiger partial charge in [0.1, 0.15) is 11.6 Å². The summed E-state index contributed by atoms with van der Waals surface area (Å²) in [6.45, 7) is 1.33. The van der Waals surface area contributed by atoms with Crippen LogP contribution in [0.3, 0.4) is 0 Å². The highest BCUT2D eigenvalue weighted by molar-refractivity contribution is 7.87. The second kappa shape index (κ2) is 4.52. The Hall–Kier alpha value is -1.31. The maximum atomic E-state index is 12.8. The Balaban J connectivity index is 2.87. The van der Waals surface area contributed by atoms with Crippen LogP contribution < -0.4 is 4.18 Å². The molecule has 1 aromatic carbocycles. The van der Waals surface area contributed by atoms with Crippen molar-refractivity contribution >= 4 is 10.1 Å². The van der Waals surface area contributed by atoms with E-state index in [2.05, 4.69) is 4.18 Å². The molecule has 0 amide bonds. The summed E-state index contributed by atoms with van der Waals surface area (Å²) in [6.07, 6.45) is -4.88. The Labute approximate surface area is 95.1 Å². The number of hydrogen-bond acceptors (Lipinski definition) is 3. The highest BCUT2D eigenvalue weighted by Gasteiger charge is 2.36. The molecule has 0 saturated carbocycles. The van der Waals surface area contributed by atoms with Crippen molar-refractivity contribution in [2.45, 2.75) is 13.1 Å². The van der Waals surface area contributed by atoms with E-state index < -0.39 is 27.9 Å². The van der Waals surface area contributed by atoms with Crippen molar-refractivity contribution in [3.8, 4) is 5.75 Å². The molecule has 1 aromatic rings. The minimum atomic E-state index is -4.88. The van der Waals surface area contributed by atoms with Gasteiger partial charge in [-0.15, -0.1) is 0 Å². The van der Waals surface area contributed by atoms with Crippen LogP contribution in [0.1, 0.15) is 5.56 Å². The summed E-state index contributed by atoms with van der Waals surface area (Å²) in [7, 11) is -4.77. The molecule has 0 spiro atoms. The molecule has 0 heterocycles. The molecule has 0 aliphatic heterocycles. The van der Waals surface area contributed by atoms with E-state index in [9.17, 15) is 26.0 Å². The van der Waals surface area contributed by atoms with Crippen LogP contribution in [-0.2, 0) is 10.1 Å². The SMILES string of the molecule is Cc1cc(OS(=O)(=O)CC(F)(F)F)ccc1F. The van der Waals surface area contributed by atoms with Gasteiger partial charge in [-0.1, -0.05) is 0 Å². The molecule has 1 rings (SSSR count). The van der Waals surface area contributed by atoms with Gasteiger partial charge in [-0.25, -0.2) is 4.39 Å². The minimum Gasteiger partial charge on any atom is -0.382 e. The highest BCUT2D eigenvalue weighted by atomic mass is 32.2. The predicted octanol–water partition coefficient (Wildman–Crippen LogP) is 2.41. The summed E-state index contributed by atoms with van der Waals surface area (Å²) in [5.74, 6) is -3.05. The summed E-state index contributed by atoms with van der Waals surface area (Å²) in [5.41, 5.74) is 0.0738. The molecule has 17 heavy (non-hydrogen) atoms. The van der Waals surface area contributed by atoms with Crippen molar-refractivity contribution in [1.29, 1.82) is 0 Å². The number of rotatable bonds is 3. The average molecular weight is 272 g/mol. The van der Waals surface area contributed by atoms with Crippen LogP contribution in [0, 0.1) is 12.7 Å². The fraction of sp³-hybridized carbons (Fsp3) is 0.333. The van der Waals surface area contributed by atoms with Crippen LogP contribution in [0.15, 0.2) is 18.2 Å². The Morgan fingerprint density at radius 1 is 1.29 bits per heavy atom. The molecule has 0 atom stereocenters.